The lowest BCUT2D eigenvalue weighted by atomic mass is 10.1. The minimum atomic E-state index is -0.189. The van der Waals surface area contributed by atoms with Crippen LogP contribution in [0.5, 0.6) is 0 Å². The Morgan fingerprint density at radius 3 is 2.47 bits per heavy atom. The summed E-state index contributed by atoms with van der Waals surface area (Å²) in [5, 5.41) is 3.40. The van der Waals surface area contributed by atoms with E-state index >= 15 is 0 Å². The van der Waals surface area contributed by atoms with Crippen LogP contribution in [0.1, 0.15) is 32.3 Å². The Balaban J connectivity index is 2.57. The second kappa shape index (κ2) is 6.23. The van der Waals surface area contributed by atoms with Crippen LogP contribution in [0.25, 0.3) is 0 Å². The van der Waals surface area contributed by atoms with E-state index in [1.807, 2.05) is 6.07 Å². The smallest absolute Gasteiger partial charge is 0.124 e. The average molecular weight is 274 g/mol. The Kier molecular flexibility index (Phi) is 5.26. The Labute approximate surface area is 99.2 Å². The summed E-state index contributed by atoms with van der Waals surface area (Å²) in [6.45, 7) is 5.04. The number of halogens is 2. The van der Waals surface area contributed by atoms with E-state index in [-0.39, 0.29) is 5.82 Å². The summed E-state index contributed by atoms with van der Waals surface area (Å²) in [5.41, 5.74) is 0.980. The van der Waals surface area contributed by atoms with Crippen LogP contribution in [-0.4, -0.2) is 6.04 Å². The third-order valence-electron chi connectivity index (χ3n) is 2.50. The highest BCUT2D eigenvalue weighted by Crippen LogP contribution is 2.15. The molecule has 15 heavy (non-hydrogen) atoms. The molecule has 1 rings (SSSR count). The van der Waals surface area contributed by atoms with E-state index in [1.54, 1.807) is 6.07 Å². The molecule has 0 atom stereocenters. The van der Waals surface area contributed by atoms with E-state index in [1.165, 1.54) is 6.07 Å². The lowest BCUT2D eigenvalue weighted by Gasteiger charge is -2.14. The van der Waals surface area contributed by atoms with Crippen molar-refractivity contribution in [3.63, 3.8) is 0 Å². The molecular formula is C12H17BrFN. The highest BCUT2D eigenvalue weighted by Gasteiger charge is 2.03. The first-order chi connectivity index (χ1) is 7.15. The van der Waals surface area contributed by atoms with Crippen LogP contribution < -0.4 is 5.32 Å². The third-order valence-corrected chi connectivity index (χ3v) is 2.96. The van der Waals surface area contributed by atoms with Crippen LogP contribution in [0.3, 0.4) is 0 Å². The van der Waals surface area contributed by atoms with E-state index in [0.29, 0.717) is 6.04 Å². The van der Waals surface area contributed by atoms with E-state index < -0.39 is 0 Å². The summed E-state index contributed by atoms with van der Waals surface area (Å²) < 4.78 is 13.9. The lowest BCUT2D eigenvalue weighted by Crippen LogP contribution is -2.27. The van der Waals surface area contributed by atoms with Crippen LogP contribution in [0, 0.1) is 5.82 Å². The summed E-state index contributed by atoms with van der Waals surface area (Å²) in [5.74, 6) is -0.189. The molecule has 0 aromatic heterocycles. The average Bonchev–Trinajstić information content (AvgIpc) is 2.18. The highest BCUT2D eigenvalue weighted by atomic mass is 79.9. The first-order valence-electron chi connectivity index (χ1n) is 5.34. The number of benzene rings is 1. The van der Waals surface area contributed by atoms with Gasteiger partial charge in [-0.3, -0.25) is 0 Å². The second-order valence-corrected chi connectivity index (χ2v) is 4.59. The zero-order valence-corrected chi connectivity index (χ0v) is 10.8. The van der Waals surface area contributed by atoms with Crippen molar-refractivity contribution in [1.29, 1.82) is 0 Å². The van der Waals surface area contributed by atoms with Gasteiger partial charge >= 0.3 is 0 Å². The number of hydrogen-bond donors (Lipinski definition) is 1. The van der Waals surface area contributed by atoms with Gasteiger partial charge in [0.1, 0.15) is 5.82 Å². The van der Waals surface area contributed by atoms with Gasteiger partial charge in [0.05, 0.1) is 0 Å². The first kappa shape index (κ1) is 12.7. The number of hydrogen-bond acceptors (Lipinski definition) is 1. The highest BCUT2D eigenvalue weighted by molar-refractivity contribution is 9.10. The van der Waals surface area contributed by atoms with Crippen molar-refractivity contribution in [2.24, 2.45) is 0 Å². The molecule has 1 N–H and O–H groups in total. The van der Waals surface area contributed by atoms with Crippen molar-refractivity contribution >= 4 is 15.9 Å². The van der Waals surface area contributed by atoms with Crippen LogP contribution >= 0.6 is 15.9 Å². The van der Waals surface area contributed by atoms with Gasteiger partial charge in [-0.05, 0) is 36.6 Å². The van der Waals surface area contributed by atoms with Crippen LogP contribution in [0.2, 0.25) is 0 Å². The molecule has 0 saturated heterocycles. The molecule has 0 fully saturated rings. The lowest BCUT2D eigenvalue weighted by molar-refractivity contribution is 0.483. The largest absolute Gasteiger partial charge is 0.310 e. The molecular weight excluding hydrogens is 257 g/mol. The predicted molar refractivity (Wildman–Crippen MR) is 65.3 cm³/mol. The van der Waals surface area contributed by atoms with Crippen molar-refractivity contribution < 1.29 is 4.39 Å². The number of nitrogens with one attached hydrogen (secondary N) is 1. The fourth-order valence-corrected chi connectivity index (χ4v) is 2.07. The van der Waals surface area contributed by atoms with E-state index in [4.69, 9.17) is 0 Å². The molecule has 84 valence electrons. The summed E-state index contributed by atoms with van der Waals surface area (Å²) in [6, 6.07) is 5.51. The minimum Gasteiger partial charge on any atom is -0.310 e. The summed E-state index contributed by atoms with van der Waals surface area (Å²) >= 11 is 3.29. The molecule has 1 aromatic carbocycles. The van der Waals surface area contributed by atoms with Gasteiger partial charge in [-0.25, -0.2) is 4.39 Å². The van der Waals surface area contributed by atoms with Crippen molar-refractivity contribution in [2.75, 3.05) is 0 Å². The molecule has 0 radical (unpaired) electrons. The second-order valence-electron chi connectivity index (χ2n) is 3.67. The maximum atomic E-state index is 13.1. The maximum absolute atomic E-state index is 13.1. The van der Waals surface area contributed by atoms with Gasteiger partial charge in [-0.15, -0.1) is 0 Å². The quantitative estimate of drug-likeness (QED) is 0.859. The fraction of sp³-hybridized carbons (Fsp3) is 0.500. The Hall–Kier alpha value is -0.410. The zero-order chi connectivity index (χ0) is 11.3. The Bertz CT molecular complexity index is 290. The van der Waals surface area contributed by atoms with Gasteiger partial charge < -0.3 is 5.32 Å². The molecule has 0 aliphatic rings. The zero-order valence-electron chi connectivity index (χ0n) is 9.19. The van der Waals surface area contributed by atoms with Gasteiger partial charge in [0.15, 0.2) is 0 Å². The summed E-state index contributed by atoms with van der Waals surface area (Å²) in [4.78, 5) is 0. The molecule has 3 heteroatoms. The monoisotopic (exact) mass is 273 g/mol. The van der Waals surface area contributed by atoms with Gasteiger partial charge in [-0.2, -0.15) is 0 Å². The van der Waals surface area contributed by atoms with Gasteiger partial charge in [0.2, 0.25) is 0 Å². The molecule has 0 bridgehead atoms. The van der Waals surface area contributed by atoms with Crippen molar-refractivity contribution in [2.45, 2.75) is 39.3 Å². The standard InChI is InChI=1S/C12H17BrFN/c1-3-12(4-2)15-8-9-5-10(13)7-11(14)6-9/h5-7,12,15H,3-4,8H2,1-2H3. The Morgan fingerprint density at radius 1 is 1.27 bits per heavy atom. The van der Waals surface area contributed by atoms with Crippen molar-refractivity contribution in [3.8, 4) is 0 Å². The molecule has 0 spiro atoms. The van der Waals surface area contributed by atoms with Crippen LogP contribution in [-0.2, 0) is 6.54 Å². The van der Waals surface area contributed by atoms with Crippen LogP contribution in [0.4, 0.5) is 4.39 Å². The summed E-state index contributed by atoms with van der Waals surface area (Å²) in [6.07, 6.45) is 2.21. The molecule has 0 amide bonds. The molecule has 1 nitrogen and oxygen atoms in total. The predicted octanol–water partition coefficient (Wildman–Crippen LogP) is 3.87. The Morgan fingerprint density at radius 2 is 1.93 bits per heavy atom. The molecule has 1 aromatic rings. The van der Waals surface area contributed by atoms with E-state index in [2.05, 4.69) is 35.1 Å². The van der Waals surface area contributed by atoms with Gasteiger partial charge in [0.25, 0.3) is 0 Å². The van der Waals surface area contributed by atoms with Crippen molar-refractivity contribution in [1.82, 2.24) is 5.32 Å². The number of rotatable bonds is 5. The minimum absolute atomic E-state index is 0.189. The van der Waals surface area contributed by atoms with Gasteiger partial charge in [0, 0.05) is 17.1 Å². The molecule has 0 unspecified atom stereocenters. The van der Waals surface area contributed by atoms with Crippen LogP contribution in [0.15, 0.2) is 22.7 Å². The van der Waals surface area contributed by atoms with E-state index in [9.17, 15) is 4.39 Å². The van der Waals surface area contributed by atoms with E-state index in [0.717, 1.165) is 29.4 Å². The molecule has 0 aliphatic heterocycles. The first-order valence-corrected chi connectivity index (χ1v) is 6.13. The molecule has 0 heterocycles. The maximum Gasteiger partial charge on any atom is 0.124 e. The van der Waals surface area contributed by atoms with Gasteiger partial charge in [-0.1, -0.05) is 29.8 Å². The fourth-order valence-electron chi connectivity index (χ4n) is 1.55. The summed E-state index contributed by atoms with van der Waals surface area (Å²) in [7, 11) is 0. The SMILES string of the molecule is CCC(CC)NCc1cc(F)cc(Br)c1. The normalized spacial score (nSPS) is 11.0. The third kappa shape index (κ3) is 4.31. The molecule has 0 aliphatic carbocycles. The topological polar surface area (TPSA) is 12.0 Å². The van der Waals surface area contributed by atoms with Crippen molar-refractivity contribution in [3.05, 3.63) is 34.1 Å². The molecule has 0 saturated carbocycles.